The lowest BCUT2D eigenvalue weighted by Crippen LogP contribution is -2.06. The van der Waals surface area contributed by atoms with Crippen LogP contribution >= 0.6 is 23.5 Å². The molecule has 2 rings (SSSR count). The highest BCUT2D eigenvalue weighted by Crippen LogP contribution is 2.29. The summed E-state index contributed by atoms with van der Waals surface area (Å²) in [6.07, 6.45) is 6.29. The topological polar surface area (TPSA) is 52.6 Å². The van der Waals surface area contributed by atoms with Crippen LogP contribution in [-0.2, 0) is 0 Å². The van der Waals surface area contributed by atoms with E-state index in [-0.39, 0.29) is 0 Å². The molecule has 0 radical (unpaired) electrons. The summed E-state index contributed by atoms with van der Waals surface area (Å²) < 4.78 is 11.6. The van der Waals surface area contributed by atoms with Crippen LogP contribution in [0, 0.1) is 0 Å². The second-order valence-corrected chi connectivity index (χ2v) is 6.80. The van der Waals surface area contributed by atoms with Crippen LogP contribution in [-0.4, -0.2) is 38.3 Å². The molecule has 4 nitrogen and oxygen atoms in total. The predicted molar refractivity (Wildman–Crippen MR) is 103 cm³/mol. The van der Waals surface area contributed by atoms with Crippen LogP contribution in [0.4, 0.5) is 0 Å². The molecule has 0 aliphatic carbocycles. The largest absolute Gasteiger partial charge is 0.492 e. The Balaban J connectivity index is 1.84. The van der Waals surface area contributed by atoms with Crippen molar-refractivity contribution < 1.29 is 19.1 Å². The Hall–Kier alpha value is -1.92. The van der Waals surface area contributed by atoms with Gasteiger partial charge in [-0.3, -0.25) is 9.59 Å². The third-order valence-corrected chi connectivity index (χ3v) is 4.97. The van der Waals surface area contributed by atoms with E-state index in [0.717, 1.165) is 40.3 Å². The maximum Gasteiger partial charge on any atom is 0.150 e. The molecule has 0 aromatic heterocycles. The first-order valence-electron chi connectivity index (χ1n) is 7.74. The molecule has 25 heavy (non-hydrogen) atoms. The molecule has 0 heterocycles. The summed E-state index contributed by atoms with van der Waals surface area (Å²) >= 11 is 3.10. The van der Waals surface area contributed by atoms with Crippen molar-refractivity contribution in [2.45, 2.75) is 16.2 Å². The Morgan fingerprint density at radius 3 is 1.60 bits per heavy atom. The molecule has 0 atom stereocenters. The highest BCUT2D eigenvalue weighted by molar-refractivity contribution is 7.99. The third kappa shape index (κ3) is 5.54. The van der Waals surface area contributed by atoms with Gasteiger partial charge in [0.25, 0.3) is 0 Å². The number of hydrogen-bond donors (Lipinski definition) is 0. The molecular weight excluding hydrogens is 356 g/mol. The van der Waals surface area contributed by atoms with E-state index in [1.54, 1.807) is 35.7 Å². The van der Waals surface area contributed by atoms with Gasteiger partial charge in [-0.1, -0.05) is 0 Å². The van der Waals surface area contributed by atoms with E-state index < -0.39 is 0 Å². The number of thioether (sulfide) groups is 2. The smallest absolute Gasteiger partial charge is 0.150 e. The molecule has 2 aromatic carbocycles. The van der Waals surface area contributed by atoms with Crippen LogP contribution in [0.15, 0.2) is 46.2 Å². The maximum absolute atomic E-state index is 10.8. The van der Waals surface area contributed by atoms with Gasteiger partial charge in [0.15, 0.2) is 0 Å². The summed E-state index contributed by atoms with van der Waals surface area (Å²) in [6, 6.07) is 10.8. The number of rotatable bonds is 10. The SMILES string of the molecule is CSc1cc(C=O)ccc1OCCCOc1ccc(C=O)cc1SC. The summed E-state index contributed by atoms with van der Waals surface area (Å²) in [5.74, 6) is 1.55. The Bertz CT molecular complexity index is 670. The van der Waals surface area contributed by atoms with Gasteiger partial charge in [0.2, 0.25) is 0 Å². The zero-order valence-corrected chi connectivity index (χ0v) is 15.8. The Labute approximate surface area is 156 Å². The Kier molecular flexibility index (Phi) is 7.88. The summed E-state index contributed by atoms with van der Waals surface area (Å²) in [5.41, 5.74) is 1.28. The standard InChI is InChI=1S/C19H20O4S2/c1-24-18-10-14(12-20)4-6-16(18)22-8-3-9-23-17-7-5-15(13-21)11-19(17)25-2/h4-7,10-13H,3,8-9H2,1-2H3. The first-order valence-corrected chi connectivity index (χ1v) is 10.2. The Morgan fingerprint density at radius 2 is 1.24 bits per heavy atom. The van der Waals surface area contributed by atoms with Gasteiger partial charge in [0.1, 0.15) is 24.1 Å². The van der Waals surface area contributed by atoms with Crippen LogP contribution in [0.1, 0.15) is 27.1 Å². The van der Waals surface area contributed by atoms with Crippen LogP contribution in [0.25, 0.3) is 0 Å². The molecule has 0 N–H and O–H groups in total. The lowest BCUT2D eigenvalue weighted by atomic mass is 10.2. The lowest BCUT2D eigenvalue weighted by Gasteiger charge is -2.12. The molecule has 0 unspecified atom stereocenters. The van der Waals surface area contributed by atoms with Gasteiger partial charge in [-0.2, -0.15) is 0 Å². The second kappa shape index (κ2) is 10.2. The molecular formula is C19H20O4S2. The number of ether oxygens (including phenoxy) is 2. The molecule has 0 spiro atoms. The number of carbonyl (C=O) groups is 2. The summed E-state index contributed by atoms with van der Waals surface area (Å²) in [6.45, 7) is 1.05. The van der Waals surface area contributed by atoms with E-state index in [1.807, 2.05) is 36.8 Å². The van der Waals surface area contributed by atoms with Crippen molar-refractivity contribution >= 4 is 36.1 Å². The van der Waals surface area contributed by atoms with E-state index in [9.17, 15) is 9.59 Å². The summed E-state index contributed by atoms with van der Waals surface area (Å²) in [4.78, 5) is 23.5. The van der Waals surface area contributed by atoms with Crippen LogP contribution in [0.2, 0.25) is 0 Å². The Morgan fingerprint density at radius 1 is 0.800 bits per heavy atom. The average Bonchev–Trinajstić information content (AvgIpc) is 2.67. The number of hydrogen-bond acceptors (Lipinski definition) is 6. The molecule has 0 aliphatic heterocycles. The molecule has 0 fully saturated rings. The van der Waals surface area contributed by atoms with Gasteiger partial charge < -0.3 is 9.47 Å². The van der Waals surface area contributed by atoms with Gasteiger partial charge >= 0.3 is 0 Å². The fourth-order valence-electron chi connectivity index (χ4n) is 2.18. The molecule has 6 heteroatoms. The van der Waals surface area contributed by atoms with Gasteiger partial charge in [-0.05, 0) is 48.9 Å². The second-order valence-electron chi connectivity index (χ2n) is 5.11. The van der Waals surface area contributed by atoms with Crippen LogP contribution in [0.5, 0.6) is 11.5 Å². The fourth-order valence-corrected chi connectivity index (χ4v) is 3.34. The van der Waals surface area contributed by atoms with Gasteiger partial charge in [-0.15, -0.1) is 23.5 Å². The van der Waals surface area contributed by atoms with E-state index in [1.165, 1.54) is 0 Å². The third-order valence-electron chi connectivity index (χ3n) is 3.45. The fraction of sp³-hybridized carbons (Fsp3) is 0.263. The zero-order valence-electron chi connectivity index (χ0n) is 14.2. The highest BCUT2D eigenvalue weighted by Gasteiger charge is 2.06. The normalized spacial score (nSPS) is 10.3. The quantitative estimate of drug-likeness (QED) is 0.343. The average molecular weight is 376 g/mol. The van der Waals surface area contributed by atoms with Gasteiger partial charge in [0.05, 0.1) is 13.2 Å². The van der Waals surface area contributed by atoms with Crippen LogP contribution in [0.3, 0.4) is 0 Å². The number of aldehydes is 2. The molecule has 2 aromatic rings. The van der Waals surface area contributed by atoms with Crippen molar-refractivity contribution in [2.24, 2.45) is 0 Å². The molecule has 0 saturated carbocycles. The zero-order chi connectivity index (χ0) is 18.1. The van der Waals surface area contributed by atoms with E-state index in [0.29, 0.717) is 24.3 Å². The maximum atomic E-state index is 10.8. The number of carbonyl (C=O) groups excluding carboxylic acids is 2. The van der Waals surface area contributed by atoms with Crippen molar-refractivity contribution in [2.75, 3.05) is 25.7 Å². The minimum atomic E-state index is 0.523. The summed E-state index contributed by atoms with van der Waals surface area (Å²) in [5, 5.41) is 0. The van der Waals surface area contributed by atoms with Crippen molar-refractivity contribution in [1.82, 2.24) is 0 Å². The van der Waals surface area contributed by atoms with Crippen molar-refractivity contribution in [1.29, 1.82) is 0 Å². The predicted octanol–water partition coefficient (Wildman–Crippen LogP) is 4.60. The first-order chi connectivity index (χ1) is 12.2. The lowest BCUT2D eigenvalue weighted by molar-refractivity contribution is 0.111. The monoisotopic (exact) mass is 376 g/mol. The van der Waals surface area contributed by atoms with Crippen LogP contribution < -0.4 is 9.47 Å². The van der Waals surface area contributed by atoms with E-state index in [2.05, 4.69) is 0 Å². The summed E-state index contributed by atoms with van der Waals surface area (Å²) in [7, 11) is 0. The van der Waals surface area contributed by atoms with Crippen molar-refractivity contribution in [3.8, 4) is 11.5 Å². The van der Waals surface area contributed by atoms with Crippen molar-refractivity contribution in [3.05, 3.63) is 47.5 Å². The van der Waals surface area contributed by atoms with Gasteiger partial charge in [0, 0.05) is 27.3 Å². The van der Waals surface area contributed by atoms with Crippen molar-refractivity contribution in [3.63, 3.8) is 0 Å². The van der Waals surface area contributed by atoms with Gasteiger partial charge in [-0.25, -0.2) is 0 Å². The van der Waals surface area contributed by atoms with E-state index >= 15 is 0 Å². The highest BCUT2D eigenvalue weighted by atomic mass is 32.2. The van der Waals surface area contributed by atoms with E-state index in [4.69, 9.17) is 9.47 Å². The molecule has 0 aliphatic rings. The molecule has 0 saturated heterocycles. The number of benzene rings is 2. The first kappa shape index (κ1) is 19.4. The molecule has 132 valence electrons. The molecule has 0 bridgehead atoms. The molecule has 0 amide bonds. The minimum absolute atomic E-state index is 0.523. The minimum Gasteiger partial charge on any atom is -0.492 e.